The van der Waals surface area contributed by atoms with Crippen LogP contribution < -0.4 is 0 Å². The maximum Gasteiger partial charge on any atom is 0.465 e. The van der Waals surface area contributed by atoms with Gasteiger partial charge in [0.25, 0.3) is 0 Å². The van der Waals surface area contributed by atoms with Gasteiger partial charge < -0.3 is 9.47 Å². The van der Waals surface area contributed by atoms with E-state index in [0.29, 0.717) is 0 Å². The first-order valence-electron chi connectivity index (χ1n) is 7.00. The van der Waals surface area contributed by atoms with Gasteiger partial charge in [-0.25, -0.2) is 9.59 Å². The molecule has 0 heterocycles. The monoisotopic (exact) mass is 482 g/mol. The number of hydrogen-bond acceptors (Lipinski definition) is 4. The Balaban J connectivity index is 4.82. The highest BCUT2D eigenvalue weighted by Gasteiger charge is 2.66. The molecule has 0 rings (SSSR count). The van der Waals surface area contributed by atoms with Gasteiger partial charge in [-0.3, -0.25) is 0 Å². The van der Waals surface area contributed by atoms with Crippen molar-refractivity contribution >= 4 is 11.9 Å². The first-order chi connectivity index (χ1) is 13.0. The second kappa shape index (κ2) is 8.60. The summed E-state index contributed by atoms with van der Waals surface area (Å²) in [5.41, 5.74) is 0. The van der Waals surface area contributed by atoms with Gasteiger partial charge in [0.2, 0.25) is 0 Å². The summed E-state index contributed by atoms with van der Waals surface area (Å²) in [6.45, 7) is -4.17. The van der Waals surface area contributed by atoms with Crippen molar-refractivity contribution in [3.8, 4) is 0 Å². The van der Waals surface area contributed by atoms with E-state index in [4.69, 9.17) is 0 Å². The van der Waals surface area contributed by atoms with Gasteiger partial charge in [0.05, 0.1) is 26.1 Å². The number of alkyl halides is 14. The molecule has 0 amide bonds. The zero-order valence-electron chi connectivity index (χ0n) is 13.8. The fourth-order valence-electron chi connectivity index (χ4n) is 1.32. The summed E-state index contributed by atoms with van der Waals surface area (Å²) in [7, 11) is 0. The van der Waals surface area contributed by atoms with Crippen molar-refractivity contribution in [3.05, 3.63) is 0 Å². The fraction of sp³-hybridized carbons (Fsp3) is 0.833. The molecule has 0 N–H and O–H groups in total. The van der Waals surface area contributed by atoms with Crippen LogP contribution in [0.5, 0.6) is 0 Å². The van der Waals surface area contributed by atoms with Crippen molar-refractivity contribution in [1.29, 1.82) is 0 Å². The van der Waals surface area contributed by atoms with E-state index in [9.17, 15) is 71.1 Å². The van der Waals surface area contributed by atoms with Crippen molar-refractivity contribution in [3.63, 3.8) is 0 Å². The lowest BCUT2D eigenvalue weighted by Gasteiger charge is -2.27. The standard InChI is InChI=1S/C12H8F14O4/c13-7(14,1-3-29-5(27)9(17,18)11(21,22)23)8(15,16)2-4-30-6(28)10(19,20)12(24,25)26/h1-4H2. The van der Waals surface area contributed by atoms with Crippen LogP contribution in [0.1, 0.15) is 12.8 Å². The highest BCUT2D eigenvalue weighted by molar-refractivity contribution is 5.79. The third-order valence-electron chi connectivity index (χ3n) is 3.06. The third kappa shape index (κ3) is 6.23. The zero-order valence-corrected chi connectivity index (χ0v) is 13.8. The van der Waals surface area contributed by atoms with E-state index in [0.717, 1.165) is 0 Å². The molecule has 0 aliphatic rings. The zero-order chi connectivity index (χ0) is 24.4. The van der Waals surface area contributed by atoms with E-state index in [1.165, 1.54) is 0 Å². The van der Waals surface area contributed by atoms with Crippen molar-refractivity contribution in [2.24, 2.45) is 0 Å². The molecule has 0 aliphatic carbocycles. The van der Waals surface area contributed by atoms with Gasteiger partial charge in [-0.1, -0.05) is 0 Å². The number of halogens is 14. The van der Waals surface area contributed by atoms with E-state index < -0.39 is 74.0 Å². The smallest absolute Gasteiger partial charge is 0.461 e. The molecular formula is C12H8F14O4. The number of carbonyl (C=O) groups excluding carboxylic acids is 2. The van der Waals surface area contributed by atoms with Gasteiger partial charge >= 0.3 is 48.0 Å². The summed E-state index contributed by atoms with van der Waals surface area (Å²) in [6.07, 6.45) is -17.7. The summed E-state index contributed by atoms with van der Waals surface area (Å²) >= 11 is 0. The number of hydrogen-bond donors (Lipinski definition) is 0. The number of ether oxygens (including phenoxy) is 2. The molecule has 0 aromatic rings. The summed E-state index contributed by atoms with van der Waals surface area (Å²) < 4.78 is 180. The molecule has 0 radical (unpaired) electrons. The first kappa shape index (κ1) is 28.0. The normalized spacial score (nSPS) is 14.5. The Morgan fingerprint density at radius 3 is 0.933 bits per heavy atom. The average Bonchev–Trinajstić information content (AvgIpc) is 2.51. The Kier molecular flexibility index (Phi) is 8.02. The van der Waals surface area contributed by atoms with Crippen LogP contribution in [0.2, 0.25) is 0 Å². The van der Waals surface area contributed by atoms with Gasteiger partial charge in [-0.2, -0.15) is 61.5 Å². The quantitative estimate of drug-likeness (QED) is 0.359. The molecule has 0 saturated carbocycles. The first-order valence-corrected chi connectivity index (χ1v) is 7.00. The van der Waals surface area contributed by atoms with Gasteiger partial charge in [-0.05, 0) is 0 Å². The van der Waals surface area contributed by atoms with Crippen molar-refractivity contribution in [1.82, 2.24) is 0 Å². The molecule has 0 fully saturated rings. The van der Waals surface area contributed by atoms with Crippen molar-refractivity contribution in [2.45, 2.75) is 48.9 Å². The summed E-state index contributed by atoms with van der Waals surface area (Å²) in [4.78, 5) is 21.0. The molecule has 0 spiro atoms. The molecule has 30 heavy (non-hydrogen) atoms. The molecule has 4 nitrogen and oxygen atoms in total. The maximum absolute atomic E-state index is 13.3. The van der Waals surface area contributed by atoms with Gasteiger partial charge in [0, 0.05) is 0 Å². The average molecular weight is 482 g/mol. The lowest BCUT2D eigenvalue weighted by molar-refractivity contribution is -0.283. The molecule has 178 valence electrons. The molecule has 0 aliphatic heterocycles. The minimum atomic E-state index is -6.47. The summed E-state index contributed by atoms with van der Waals surface area (Å²) in [5, 5.41) is 0. The molecule has 0 aromatic heterocycles. The van der Waals surface area contributed by atoms with Crippen LogP contribution in [-0.4, -0.2) is 61.2 Å². The molecular weight excluding hydrogens is 474 g/mol. The molecule has 0 unspecified atom stereocenters. The molecule has 0 saturated heterocycles. The largest absolute Gasteiger partial charge is 0.465 e. The molecule has 0 atom stereocenters. The Morgan fingerprint density at radius 1 is 0.500 bits per heavy atom. The number of esters is 2. The Bertz CT molecular complexity index is 567. The van der Waals surface area contributed by atoms with Crippen LogP contribution in [-0.2, 0) is 19.1 Å². The van der Waals surface area contributed by atoms with E-state index in [1.807, 2.05) is 0 Å². The molecule has 18 heteroatoms. The predicted octanol–water partition coefficient (Wildman–Crippen LogP) is 4.52. The van der Waals surface area contributed by atoms with Crippen LogP contribution in [0.3, 0.4) is 0 Å². The molecule has 0 aromatic carbocycles. The molecule has 0 bridgehead atoms. The van der Waals surface area contributed by atoms with Gasteiger partial charge in [0.15, 0.2) is 0 Å². The SMILES string of the molecule is O=C(OCCC(F)(F)C(F)(F)CCOC(=O)C(F)(F)C(F)(F)F)C(F)(F)C(F)(F)F. The second-order valence-corrected chi connectivity index (χ2v) is 5.33. The van der Waals surface area contributed by atoms with Gasteiger partial charge in [-0.15, -0.1) is 0 Å². The van der Waals surface area contributed by atoms with Crippen molar-refractivity contribution in [2.75, 3.05) is 13.2 Å². The number of carbonyl (C=O) groups is 2. The fourth-order valence-corrected chi connectivity index (χ4v) is 1.32. The predicted molar refractivity (Wildman–Crippen MR) is 63.0 cm³/mol. The maximum atomic E-state index is 13.3. The summed E-state index contributed by atoms with van der Waals surface area (Å²) in [6, 6.07) is 0. The second-order valence-electron chi connectivity index (χ2n) is 5.33. The van der Waals surface area contributed by atoms with Crippen LogP contribution in [0.15, 0.2) is 0 Å². The summed E-state index contributed by atoms with van der Waals surface area (Å²) in [5.74, 6) is -29.7. The van der Waals surface area contributed by atoms with Crippen LogP contribution >= 0.6 is 0 Å². The van der Waals surface area contributed by atoms with Crippen LogP contribution in [0.25, 0.3) is 0 Å². The van der Waals surface area contributed by atoms with E-state index in [1.54, 1.807) is 0 Å². The minimum absolute atomic E-state index is 2.08. The third-order valence-corrected chi connectivity index (χ3v) is 3.06. The highest BCUT2D eigenvalue weighted by atomic mass is 19.4. The van der Waals surface area contributed by atoms with Crippen LogP contribution in [0, 0.1) is 0 Å². The lowest BCUT2D eigenvalue weighted by Crippen LogP contribution is -2.47. The van der Waals surface area contributed by atoms with Crippen molar-refractivity contribution < 1.29 is 80.5 Å². The van der Waals surface area contributed by atoms with Gasteiger partial charge in [0.1, 0.15) is 0 Å². The minimum Gasteiger partial charge on any atom is -0.461 e. The van der Waals surface area contributed by atoms with Crippen LogP contribution in [0.4, 0.5) is 61.5 Å². The van der Waals surface area contributed by atoms with E-state index in [-0.39, 0.29) is 0 Å². The Labute approximate surface area is 156 Å². The topological polar surface area (TPSA) is 52.6 Å². The van der Waals surface area contributed by atoms with E-state index in [2.05, 4.69) is 9.47 Å². The highest BCUT2D eigenvalue weighted by Crippen LogP contribution is 2.41. The number of rotatable bonds is 9. The Hall–Kier alpha value is -2.04. The lowest BCUT2D eigenvalue weighted by atomic mass is 10.1. The van der Waals surface area contributed by atoms with E-state index >= 15 is 0 Å². The Morgan fingerprint density at radius 2 is 0.733 bits per heavy atom.